The second kappa shape index (κ2) is 8.37. The average molecular weight is 442 g/mol. The van der Waals surface area contributed by atoms with Gasteiger partial charge in [-0.3, -0.25) is 0 Å². The molecule has 0 saturated carbocycles. The highest BCUT2D eigenvalue weighted by molar-refractivity contribution is 5.89. The Hall–Kier alpha value is -3.81. The van der Waals surface area contributed by atoms with E-state index in [1.807, 2.05) is 18.2 Å². The van der Waals surface area contributed by atoms with Gasteiger partial charge in [-0.25, -0.2) is 9.18 Å². The molecule has 0 amide bonds. The minimum Gasteiger partial charge on any atom is -0.465 e. The molecule has 0 unspecified atom stereocenters. The summed E-state index contributed by atoms with van der Waals surface area (Å²) in [5.74, 6) is -0.948. The maximum absolute atomic E-state index is 13.8. The van der Waals surface area contributed by atoms with Crippen LogP contribution in [0.4, 0.5) is 23.2 Å². The minimum absolute atomic E-state index is 0.0134. The lowest BCUT2D eigenvalue weighted by Crippen LogP contribution is -2.43. The number of alkyl halides is 3. The molecule has 0 spiro atoms. The van der Waals surface area contributed by atoms with E-state index in [1.165, 1.54) is 7.11 Å². The lowest BCUT2D eigenvalue weighted by atomic mass is 9.98. The van der Waals surface area contributed by atoms with E-state index in [-0.39, 0.29) is 5.69 Å². The van der Waals surface area contributed by atoms with Crippen LogP contribution in [-0.2, 0) is 10.9 Å². The molecule has 0 atom stereocenters. The van der Waals surface area contributed by atoms with Gasteiger partial charge in [0, 0.05) is 17.5 Å². The van der Waals surface area contributed by atoms with Gasteiger partial charge in [0.25, 0.3) is 0 Å². The molecule has 0 bridgehead atoms. The maximum atomic E-state index is 13.8. The van der Waals surface area contributed by atoms with Gasteiger partial charge in [-0.15, -0.1) is 0 Å². The van der Waals surface area contributed by atoms with E-state index in [1.54, 1.807) is 30.3 Å². The summed E-state index contributed by atoms with van der Waals surface area (Å²) in [5, 5.41) is 7.65. The number of nitrogens with one attached hydrogen (secondary N) is 2. The first-order valence-electron chi connectivity index (χ1n) is 9.66. The van der Waals surface area contributed by atoms with Crippen LogP contribution >= 0.6 is 0 Å². The smallest absolute Gasteiger partial charge is 0.416 e. The Labute approximate surface area is 180 Å². The predicted molar refractivity (Wildman–Crippen MR) is 112 cm³/mol. The topological polar surface area (TPSA) is 50.4 Å². The van der Waals surface area contributed by atoms with Crippen molar-refractivity contribution in [1.82, 2.24) is 5.32 Å². The molecule has 1 aliphatic heterocycles. The zero-order chi connectivity index (χ0) is 22.9. The SMILES string of the molecule is COC(=O)c1ccc(C2=c3ccccc3=C(Nc3cc(F)cc(C(F)(F)F)c3)NC2)cc1. The minimum atomic E-state index is -4.65. The van der Waals surface area contributed by atoms with Crippen molar-refractivity contribution >= 4 is 23.1 Å². The van der Waals surface area contributed by atoms with Crippen LogP contribution in [0.5, 0.6) is 0 Å². The molecule has 4 rings (SSSR count). The van der Waals surface area contributed by atoms with Gasteiger partial charge in [0.15, 0.2) is 0 Å². The van der Waals surface area contributed by atoms with Gasteiger partial charge >= 0.3 is 12.1 Å². The summed E-state index contributed by atoms with van der Waals surface area (Å²) in [5.41, 5.74) is 1.16. The van der Waals surface area contributed by atoms with Crippen molar-refractivity contribution in [2.45, 2.75) is 6.18 Å². The molecule has 0 fully saturated rings. The summed E-state index contributed by atoms with van der Waals surface area (Å²) >= 11 is 0. The van der Waals surface area contributed by atoms with E-state index < -0.39 is 23.5 Å². The van der Waals surface area contributed by atoms with Crippen LogP contribution < -0.4 is 21.1 Å². The third kappa shape index (κ3) is 4.30. The summed E-state index contributed by atoms with van der Waals surface area (Å²) in [4.78, 5) is 11.7. The number of hydrogen-bond donors (Lipinski definition) is 2. The third-order valence-corrected chi connectivity index (χ3v) is 5.11. The lowest BCUT2D eigenvalue weighted by molar-refractivity contribution is -0.137. The zero-order valence-electron chi connectivity index (χ0n) is 16.9. The van der Waals surface area contributed by atoms with Crippen LogP contribution in [0.15, 0.2) is 66.7 Å². The van der Waals surface area contributed by atoms with Crippen LogP contribution in [0.2, 0.25) is 0 Å². The van der Waals surface area contributed by atoms with Gasteiger partial charge in [0.2, 0.25) is 0 Å². The highest BCUT2D eigenvalue weighted by Gasteiger charge is 2.31. The molecular weight excluding hydrogens is 424 g/mol. The molecule has 0 aromatic heterocycles. The number of halogens is 4. The number of fused-ring (bicyclic) bond motifs is 1. The lowest BCUT2D eigenvalue weighted by Gasteiger charge is -2.21. The fourth-order valence-electron chi connectivity index (χ4n) is 3.60. The van der Waals surface area contributed by atoms with Gasteiger partial charge in [-0.2, -0.15) is 13.2 Å². The van der Waals surface area contributed by atoms with Crippen molar-refractivity contribution < 1.29 is 27.1 Å². The normalized spacial score (nSPS) is 13.3. The number of carbonyl (C=O) groups excluding carboxylic acids is 1. The van der Waals surface area contributed by atoms with Crippen molar-refractivity contribution in [2.75, 3.05) is 19.0 Å². The summed E-state index contributed by atoms with van der Waals surface area (Å²) < 4.78 is 57.7. The number of benzene rings is 3. The molecule has 1 aliphatic rings. The second-order valence-electron chi connectivity index (χ2n) is 7.17. The molecule has 8 heteroatoms. The quantitative estimate of drug-likeness (QED) is 0.479. The number of anilines is 1. The first kappa shape index (κ1) is 21.4. The molecule has 164 valence electrons. The van der Waals surface area contributed by atoms with Gasteiger partial charge in [0.05, 0.1) is 18.2 Å². The van der Waals surface area contributed by atoms with Gasteiger partial charge in [-0.1, -0.05) is 36.4 Å². The molecule has 3 aromatic carbocycles. The van der Waals surface area contributed by atoms with E-state index >= 15 is 0 Å². The molecule has 0 saturated heterocycles. The molecule has 4 nitrogen and oxygen atoms in total. The predicted octanol–water partition coefficient (Wildman–Crippen LogP) is 3.61. The molecule has 32 heavy (non-hydrogen) atoms. The number of methoxy groups -OCH3 is 1. The first-order valence-corrected chi connectivity index (χ1v) is 9.66. The molecular formula is C24H18F4N2O2. The van der Waals surface area contributed by atoms with Crippen molar-refractivity contribution in [3.05, 3.63) is 99.7 Å². The van der Waals surface area contributed by atoms with Gasteiger partial charge < -0.3 is 15.4 Å². The van der Waals surface area contributed by atoms with E-state index in [9.17, 15) is 22.4 Å². The van der Waals surface area contributed by atoms with Crippen molar-refractivity contribution in [3.63, 3.8) is 0 Å². The Kier molecular flexibility index (Phi) is 5.61. The largest absolute Gasteiger partial charge is 0.465 e. The number of esters is 1. The molecule has 0 radical (unpaired) electrons. The number of hydrogen-bond acceptors (Lipinski definition) is 4. The Balaban J connectivity index is 1.79. The van der Waals surface area contributed by atoms with E-state index in [2.05, 4.69) is 10.6 Å². The molecule has 2 N–H and O–H groups in total. The van der Waals surface area contributed by atoms with E-state index in [0.29, 0.717) is 24.0 Å². The highest BCUT2D eigenvalue weighted by Crippen LogP contribution is 2.32. The number of ether oxygens (including phenoxy) is 1. The molecule has 3 aromatic rings. The van der Waals surface area contributed by atoms with Gasteiger partial charge in [0.1, 0.15) is 11.6 Å². The van der Waals surface area contributed by atoms with Crippen molar-refractivity contribution in [2.24, 2.45) is 0 Å². The van der Waals surface area contributed by atoms with Crippen LogP contribution in [0.3, 0.4) is 0 Å². The maximum Gasteiger partial charge on any atom is 0.416 e. The Bertz CT molecular complexity index is 1300. The summed E-state index contributed by atoms with van der Waals surface area (Å²) in [7, 11) is 1.31. The first-order chi connectivity index (χ1) is 15.3. The number of carbonyl (C=O) groups is 1. The second-order valence-corrected chi connectivity index (χ2v) is 7.17. The average Bonchev–Trinajstić information content (AvgIpc) is 2.78. The Morgan fingerprint density at radius 1 is 1.00 bits per heavy atom. The summed E-state index contributed by atoms with van der Waals surface area (Å²) in [6.07, 6.45) is -4.65. The molecule has 1 heterocycles. The van der Waals surface area contributed by atoms with Crippen LogP contribution in [0.25, 0.3) is 11.4 Å². The van der Waals surface area contributed by atoms with Crippen LogP contribution in [0.1, 0.15) is 21.5 Å². The van der Waals surface area contributed by atoms with E-state index in [0.717, 1.165) is 33.7 Å². The standard InChI is InChI=1S/C24H18F4N2O2/c1-32-23(31)15-8-6-14(7-9-15)21-13-29-22(20-5-3-2-4-19(20)21)30-18-11-16(24(26,27)28)10-17(25)12-18/h2-12,29-30H,13H2,1H3. The number of rotatable bonds is 4. The monoisotopic (exact) mass is 442 g/mol. The fourth-order valence-corrected chi connectivity index (χ4v) is 3.60. The fraction of sp³-hybridized carbons (Fsp3) is 0.125. The highest BCUT2D eigenvalue weighted by atomic mass is 19.4. The molecule has 0 aliphatic carbocycles. The third-order valence-electron chi connectivity index (χ3n) is 5.11. The zero-order valence-corrected chi connectivity index (χ0v) is 16.9. The van der Waals surface area contributed by atoms with Gasteiger partial charge in [-0.05, 0) is 46.7 Å². The van der Waals surface area contributed by atoms with E-state index in [4.69, 9.17) is 4.74 Å². The summed E-state index contributed by atoms with van der Waals surface area (Å²) in [6, 6.07) is 16.7. The Morgan fingerprint density at radius 2 is 1.69 bits per heavy atom. The van der Waals surface area contributed by atoms with Crippen LogP contribution in [0, 0.1) is 5.82 Å². The summed E-state index contributed by atoms with van der Waals surface area (Å²) in [6.45, 7) is 0.373. The van der Waals surface area contributed by atoms with Crippen molar-refractivity contribution in [1.29, 1.82) is 0 Å². The Morgan fingerprint density at radius 3 is 2.34 bits per heavy atom. The van der Waals surface area contributed by atoms with Crippen molar-refractivity contribution in [3.8, 4) is 0 Å². The van der Waals surface area contributed by atoms with Crippen LogP contribution in [-0.4, -0.2) is 19.6 Å².